The fourth-order valence-corrected chi connectivity index (χ4v) is 5.53. The Morgan fingerprint density at radius 1 is 1.05 bits per heavy atom. The normalized spacial score (nSPS) is 17.3. The van der Waals surface area contributed by atoms with Crippen molar-refractivity contribution < 1.29 is 23.1 Å². The molecule has 4 aromatic rings. The fourth-order valence-electron chi connectivity index (χ4n) is 4.78. The standard InChI is InChI=1S/C28H29F2N5O3S/c29-25(30)23-12-13-24(39-23)26(36)34-27-33-21-14-18(15-32-28(37)38-16-17-4-2-1-3-5-17)6-11-22(21)35(27)20-9-7-19(31)8-10-20/h1-6,11-14,19-20,25H,7-10,15-16,31H2,(H,32,37)(H,33,34,36)/t19-,20+. The number of nitrogens with one attached hydrogen (secondary N) is 2. The maximum absolute atomic E-state index is 13.0. The second-order valence-electron chi connectivity index (χ2n) is 9.57. The molecule has 2 amide bonds. The van der Waals surface area contributed by atoms with Gasteiger partial charge < -0.3 is 20.4 Å². The van der Waals surface area contributed by atoms with Crippen LogP contribution in [0.1, 0.15) is 63.8 Å². The van der Waals surface area contributed by atoms with Crippen LogP contribution in [0.15, 0.2) is 60.7 Å². The minimum atomic E-state index is -2.63. The van der Waals surface area contributed by atoms with E-state index in [-0.39, 0.29) is 35.0 Å². The molecular formula is C28H29F2N5O3S. The average molecular weight is 554 g/mol. The van der Waals surface area contributed by atoms with Gasteiger partial charge in [-0.15, -0.1) is 11.3 Å². The molecule has 1 saturated carbocycles. The topological polar surface area (TPSA) is 111 Å². The first-order valence-electron chi connectivity index (χ1n) is 12.8. The third kappa shape index (κ3) is 6.43. The molecule has 8 nitrogen and oxygen atoms in total. The Hall–Kier alpha value is -3.83. The molecule has 1 aliphatic carbocycles. The number of alkyl carbamates (subject to hydrolysis) is 1. The lowest BCUT2D eigenvalue weighted by Gasteiger charge is -2.28. The molecule has 2 heterocycles. The highest BCUT2D eigenvalue weighted by atomic mass is 32.1. The molecule has 0 bridgehead atoms. The van der Waals surface area contributed by atoms with Gasteiger partial charge in [0, 0.05) is 18.6 Å². The van der Waals surface area contributed by atoms with Gasteiger partial charge in [0.15, 0.2) is 0 Å². The Morgan fingerprint density at radius 2 is 1.82 bits per heavy atom. The molecule has 204 valence electrons. The van der Waals surface area contributed by atoms with Crippen molar-refractivity contribution >= 4 is 40.3 Å². The number of ether oxygens (including phenoxy) is 1. The Kier molecular flexibility index (Phi) is 8.18. The summed E-state index contributed by atoms with van der Waals surface area (Å²) in [6.07, 6.45) is 0.215. The SMILES string of the molecule is N[C@H]1CC[C@@H](n2c(NC(=O)c3ccc(C(F)F)s3)nc3cc(CNC(=O)OCc4ccccc4)ccc32)CC1. The number of halogens is 2. The number of fused-ring (bicyclic) bond motifs is 1. The van der Waals surface area contributed by atoms with Gasteiger partial charge in [0.05, 0.1) is 20.8 Å². The predicted molar refractivity (Wildman–Crippen MR) is 146 cm³/mol. The van der Waals surface area contributed by atoms with Crippen LogP contribution in [0.2, 0.25) is 0 Å². The molecule has 5 rings (SSSR count). The summed E-state index contributed by atoms with van der Waals surface area (Å²) in [4.78, 5) is 29.9. The summed E-state index contributed by atoms with van der Waals surface area (Å²) in [7, 11) is 0. The molecule has 0 atom stereocenters. The molecule has 0 saturated heterocycles. The largest absolute Gasteiger partial charge is 0.445 e. The fraction of sp³-hybridized carbons (Fsp3) is 0.321. The number of imidazole rings is 1. The van der Waals surface area contributed by atoms with Crippen molar-refractivity contribution in [1.29, 1.82) is 0 Å². The number of hydrogen-bond acceptors (Lipinski definition) is 6. The van der Waals surface area contributed by atoms with Crippen LogP contribution >= 0.6 is 11.3 Å². The lowest BCUT2D eigenvalue weighted by atomic mass is 9.91. The molecular weight excluding hydrogens is 524 g/mol. The van der Waals surface area contributed by atoms with Crippen LogP contribution in [-0.4, -0.2) is 27.6 Å². The summed E-state index contributed by atoms with van der Waals surface area (Å²) in [5, 5.41) is 5.59. The van der Waals surface area contributed by atoms with Crippen molar-refractivity contribution in [1.82, 2.24) is 14.9 Å². The first-order valence-corrected chi connectivity index (χ1v) is 13.6. The summed E-state index contributed by atoms with van der Waals surface area (Å²) >= 11 is 0.763. The molecule has 0 spiro atoms. The van der Waals surface area contributed by atoms with Crippen LogP contribution < -0.4 is 16.4 Å². The van der Waals surface area contributed by atoms with Crippen LogP contribution in [0.4, 0.5) is 19.5 Å². The number of aromatic nitrogens is 2. The predicted octanol–water partition coefficient (Wildman–Crippen LogP) is 6.16. The van der Waals surface area contributed by atoms with E-state index in [2.05, 4.69) is 10.6 Å². The molecule has 0 aliphatic heterocycles. The van der Waals surface area contributed by atoms with Crippen molar-refractivity contribution in [3.63, 3.8) is 0 Å². The van der Waals surface area contributed by atoms with Crippen molar-refractivity contribution in [3.05, 3.63) is 81.5 Å². The second-order valence-corrected chi connectivity index (χ2v) is 10.7. The van der Waals surface area contributed by atoms with Crippen molar-refractivity contribution in [2.24, 2.45) is 5.73 Å². The van der Waals surface area contributed by atoms with Gasteiger partial charge in [-0.05, 0) is 61.1 Å². The van der Waals surface area contributed by atoms with E-state index in [4.69, 9.17) is 15.5 Å². The van der Waals surface area contributed by atoms with Crippen LogP contribution in [0.5, 0.6) is 0 Å². The second kappa shape index (κ2) is 11.9. The highest BCUT2D eigenvalue weighted by Crippen LogP contribution is 2.35. The molecule has 39 heavy (non-hydrogen) atoms. The summed E-state index contributed by atoms with van der Waals surface area (Å²) in [6, 6.07) is 18.0. The molecule has 4 N–H and O–H groups in total. The van der Waals surface area contributed by atoms with E-state index < -0.39 is 18.4 Å². The Morgan fingerprint density at radius 3 is 2.54 bits per heavy atom. The summed E-state index contributed by atoms with van der Waals surface area (Å²) in [5.74, 6) is -0.131. The van der Waals surface area contributed by atoms with Gasteiger partial charge in [0.1, 0.15) is 6.61 Å². The average Bonchev–Trinajstić information content (AvgIpc) is 3.57. The van der Waals surface area contributed by atoms with Crippen LogP contribution in [-0.2, 0) is 17.9 Å². The third-order valence-electron chi connectivity index (χ3n) is 6.80. The molecule has 1 aliphatic rings. The minimum absolute atomic E-state index is 0.0852. The number of amides is 2. The number of hydrogen-bond donors (Lipinski definition) is 3. The maximum Gasteiger partial charge on any atom is 0.407 e. The van der Waals surface area contributed by atoms with Crippen molar-refractivity contribution in [3.8, 4) is 0 Å². The smallest absolute Gasteiger partial charge is 0.407 e. The number of carbonyl (C=O) groups is 2. The Bertz CT molecular complexity index is 1450. The van der Waals surface area contributed by atoms with Gasteiger partial charge in [-0.3, -0.25) is 10.1 Å². The first-order chi connectivity index (χ1) is 18.9. The molecule has 2 aromatic heterocycles. The van der Waals surface area contributed by atoms with Gasteiger partial charge in [-0.1, -0.05) is 36.4 Å². The quantitative estimate of drug-likeness (QED) is 0.242. The van der Waals surface area contributed by atoms with Gasteiger partial charge in [-0.25, -0.2) is 18.6 Å². The highest BCUT2D eigenvalue weighted by molar-refractivity contribution is 7.14. The molecule has 1 fully saturated rings. The minimum Gasteiger partial charge on any atom is -0.445 e. The van der Waals surface area contributed by atoms with E-state index in [0.29, 0.717) is 11.5 Å². The van der Waals surface area contributed by atoms with Gasteiger partial charge in [0.25, 0.3) is 12.3 Å². The van der Waals surface area contributed by atoms with Crippen LogP contribution in [0, 0.1) is 0 Å². The van der Waals surface area contributed by atoms with Crippen molar-refractivity contribution in [2.45, 2.75) is 57.3 Å². The molecule has 2 aromatic carbocycles. The Labute approximate surface area is 228 Å². The number of rotatable bonds is 8. The van der Waals surface area contributed by atoms with E-state index >= 15 is 0 Å². The monoisotopic (exact) mass is 553 g/mol. The van der Waals surface area contributed by atoms with E-state index in [1.165, 1.54) is 12.1 Å². The zero-order chi connectivity index (χ0) is 27.4. The third-order valence-corrected chi connectivity index (χ3v) is 7.89. The number of anilines is 1. The lowest BCUT2D eigenvalue weighted by molar-refractivity contribution is 0.102. The molecule has 0 radical (unpaired) electrons. The first kappa shape index (κ1) is 26.8. The van der Waals surface area contributed by atoms with E-state index in [1.54, 1.807) is 0 Å². The van der Waals surface area contributed by atoms with E-state index in [1.807, 2.05) is 53.1 Å². The number of benzene rings is 2. The van der Waals surface area contributed by atoms with E-state index in [0.717, 1.165) is 53.7 Å². The maximum atomic E-state index is 13.0. The Balaban J connectivity index is 1.33. The summed E-state index contributed by atoms with van der Waals surface area (Å²) in [5.41, 5.74) is 9.31. The lowest BCUT2D eigenvalue weighted by Crippen LogP contribution is -2.28. The summed E-state index contributed by atoms with van der Waals surface area (Å²) < 4.78 is 33.4. The zero-order valence-corrected chi connectivity index (χ0v) is 21.9. The number of alkyl halides is 2. The van der Waals surface area contributed by atoms with Crippen LogP contribution in [0.25, 0.3) is 11.0 Å². The zero-order valence-electron chi connectivity index (χ0n) is 21.1. The molecule has 0 unspecified atom stereocenters. The number of nitrogens with two attached hydrogens (primary N) is 1. The number of thiophene rings is 1. The molecule has 11 heteroatoms. The summed E-state index contributed by atoms with van der Waals surface area (Å²) in [6.45, 7) is 0.412. The van der Waals surface area contributed by atoms with Gasteiger partial charge in [0.2, 0.25) is 5.95 Å². The van der Waals surface area contributed by atoms with Crippen LogP contribution in [0.3, 0.4) is 0 Å². The van der Waals surface area contributed by atoms with Gasteiger partial charge in [-0.2, -0.15) is 0 Å². The van der Waals surface area contributed by atoms with Crippen molar-refractivity contribution in [2.75, 3.05) is 5.32 Å². The number of carbonyl (C=O) groups excluding carboxylic acids is 2. The van der Waals surface area contributed by atoms with Gasteiger partial charge >= 0.3 is 6.09 Å². The highest BCUT2D eigenvalue weighted by Gasteiger charge is 2.26. The van der Waals surface area contributed by atoms with E-state index in [9.17, 15) is 18.4 Å². The number of nitrogens with zero attached hydrogens (tertiary/aromatic N) is 2.